The number of hydrogen-bond donors (Lipinski definition) is 1. The molecule has 164 valence electrons. The first-order valence-corrected chi connectivity index (χ1v) is 9.73. The fraction of sp³-hybridized carbons (Fsp3) is 0.455. The fourth-order valence-electron chi connectivity index (χ4n) is 3.60. The molecule has 1 aromatic carbocycles. The molecule has 0 unspecified atom stereocenters. The number of nitrogens with zero attached hydrogens (tertiary/aromatic N) is 2. The molecule has 0 saturated heterocycles. The Labute approximate surface area is 174 Å². The van der Waals surface area contributed by atoms with E-state index in [-0.39, 0.29) is 23.9 Å². The molecule has 2 rings (SSSR count). The van der Waals surface area contributed by atoms with Crippen molar-refractivity contribution in [3.63, 3.8) is 0 Å². The minimum absolute atomic E-state index is 0.0284. The SMILES string of the molecule is Cc1cc(C(=O)CN(C)Cc2ccc(C(=O)NCC(F)(F)F)cc2)c(C)n1C(C)C. The van der Waals surface area contributed by atoms with Gasteiger partial charge in [0.1, 0.15) is 6.54 Å². The number of halogens is 3. The van der Waals surface area contributed by atoms with Crippen molar-refractivity contribution in [2.75, 3.05) is 20.1 Å². The van der Waals surface area contributed by atoms with E-state index in [1.165, 1.54) is 12.1 Å². The first kappa shape index (κ1) is 23.7. The Bertz CT molecular complexity index is 900. The number of hydrogen-bond acceptors (Lipinski definition) is 3. The van der Waals surface area contributed by atoms with Crippen molar-refractivity contribution in [3.8, 4) is 0 Å². The Morgan fingerprint density at radius 3 is 2.23 bits per heavy atom. The highest BCUT2D eigenvalue weighted by molar-refractivity contribution is 5.99. The smallest absolute Gasteiger partial charge is 0.346 e. The minimum atomic E-state index is -4.45. The first-order chi connectivity index (χ1) is 13.9. The summed E-state index contributed by atoms with van der Waals surface area (Å²) in [7, 11) is 1.82. The molecule has 2 aromatic rings. The molecule has 0 spiro atoms. The van der Waals surface area contributed by atoms with E-state index in [4.69, 9.17) is 0 Å². The van der Waals surface area contributed by atoms with Gasteiger partial charge in [-0.3, -0.25) is 14.5 Å². The van der Waals surface area contributed by atoms with Crippen molar-refractivity contribution in [2.24, 2.45) is 0 Å². The number of aromatic nitrogens is 1. The quantitative estimate of drug-likeness (QED) is 0.645. The Balaban J connectivity index is 1.97. The standard InChI is InChI=1S/C22H28F3N3O2/c1-14(2)28-15(3)10-19(16(28)4)20(29)12-27(5)11-17-6-8-18(9-7-17)21(30)26-13-22(23,24)25/h6-10,14H,11-13H2,1-5H3,(H,26,30). The Hall–Kier alpha value is -2.61. The van der Waals surface area contributed by atoms with Crippen LogP contribution in [0.3, 0.4) is 0 Å². The minimum Gasteiger partial charge on any atom is -0.346 e. The molecule has 0 aliphatic heterocycles. The number of benzene rings is 1. The molecule has 1 aromatic heterocycles. The summed E-state index contributed by atoms with van der Waals surface area (Å²) in [4.78, 5) is 26.4. The lowest BCUT2D eigenvalue weighted by atomic mass is 10.1. The van der Waals surface area contributed by atoms with Gasteiger partial charge >= 0.3 is 6.18 Å². The molecule has 0 saturated carbocycles. The van der Waals surface area contributed by atoms with E-state index < -0.39 is 18.6 Å². The molecule has 0 aliphatic carbocycles. The third-order valence-electron chi connectivity index (χ3n) is 4.83. The summed E-state index contributed by atoms with van der Waals surface area (Å²) in [5.41, 5.74) is 3.72. The molecule has 0 aliphatic rings. The molecule has 1 heterocycles. The molecule has 5 nitrogen and oxygen atoms in total. The van der Waals surface area contributed by atoms with Crippen molar-refractivity contribution < 1.29 is 22.8 Å². The second-order valence-corrected chi connectivity index (χ2v) is 7.84. The maximum atomic E-state index is 12.8. The number of carbonyl (C=O) groups excluding carboxylic acids is 2. The number of carbonyl (C=O) groups is 2. The van der Waals surface area contributed by atoms with E-state index in [0.717, 1.165) is 17.0 Å². The van der Waals surface area contributed by atoms with Crippen LogP contribution in [0.2, 0.25) is 0 Å². The molecule has 1 amide bonds. The molecule has 0 bridgehead atoms. The van der Waals surface area contributed by atoms with Crippen LogP contribution >= 0.6 is 0 Å². The zero-order valence-corrected chi connectivity index (χ0v) is 17.9. The molecular formula is C22H28F3N3O2. The molecule has 8 heteroatoms. The van der Waals surface area contributed by atoms with E-state index >= 15 is 0 Å². The molecule has 0 fully saturated rings. The molecule has 30 heavy (non-hydrogen) atoms. The Morgan fingerprint density at radius 2 is 1.73 bits per heavy atom. The van der Waals surface area contributed by atoms with Crippen LogP contribution in [-0.4, -0.2) is 47.5 Å². The predicted octanol–water partition coefficient (Wildman–Crippen LogP) is 4.29. The maximum absolute atomic E-state index is 12.8. The van der Waals surface area contributed by atoms with Crippen LogP contribution in [0.1, 0.15) is 57.6 Å². The van der Waals surface area contributed by atoms with Gasteiger partial charge in [-0.15, -0.1) is 0 Å². The van der Waals surface area contributed by atoms with E-state index in [1.807, 2.05) is 37.2 Å². The number of ketones is 1. The average Bonchev–Trinajstić information content (AvgIpc) is 2.94. The third-order valence-corrected chi connectivity index (χ3v) is 4.83. The summed E-state index contributed by atoms with van der Waals surface area (Å²) >= 11 is 0. The van der Waals surface area contributed by atoms with Crippen LogP contribution in [0.4, 0.5) is 13.2 Å². The van der Waals surface area contributed by atoms with Gasteiger partial charge in [-0.05, 0) is 58.5 Å². The van der Waals surface area contributed by atoms with Crippen LogP contribution in [-0.2, 0) is 6.54 Å². The van der Waals surface area contributed by atoms with Crippen LogP contribution in [0.5, 0.6) is 0 Å². The Kier molecular flexibility index (Phi) is 7.47. The number of nitrogens with one attached hydrogen (secondary N) is 1. The van der Waals surface area contributed by atoms with Gasteiger partial charge in [0.25, 0.3) is 5.91 Å². The van der Waals surface area contributed by atoms with E-state index in [0.29, 0.717) is 12.1 Å². The highest BCUT2D eigenvalue weighted by atomic mass is 19.4. The normalized spacial score (nSPS) is 11.9. The van der Waals surface area contributed by atoms with Gasteiger partial charge < -0.3 is 9.88 Å². The van der Waals surface area contributed by atoms with Crippen molar-refractivity contribution in [1.82, 2.24) is 14.8 Å². The first-order valence-electron chi connectivity index (χ1n) is 9.73. The lowest BCUT2D eigenvalue weighted by Gasteiger charge is -2.17. The van der Waals surface area contributed by atoms with Gasteiger partial charge in [0.05, 0.1) is 6.54 Å². The number of Topliss-reactive ketones (excluding diaryl/α,β-unsaturated/α-hetero) is 1. The molecule has 0 radical (unpaired) electrons. The van der Waals surface area contributed by atoms with Gasteiger partial charge in [-0.1, -0.05) is 12.1 Å². The summed E-state index contributed by atoms with van der Waals surface area (Å²) in [6.45, 7) is 7.43. The summed E-state index contributed by atoms with van der Waals surface area (Å²) in [5.74, 6) is -0.747. The topological polar surface area (TPSA) is 54.3 Å². The van der Waals surface area contributed by atoms with E-state index in [2.05, 4.69) is 18.4 Å². The maximum Gasteiger partial charge on any atom is 0.405 e. The lowest BCUT2D eigenvalue weighted by Crippen LogP contribution is -2.33. The third kappa shape index (κ3) is 6.19. The molecular weight excluding hydrogens is 395 g/mol. The van der Waals surface area contributed by atoms with Gasteiger partial charge in [0.2, 0.25) is 0 Å². The number of amides is 1. The van der Waals surface area contributed by atoms with Crippen molar-refractivity contribution in [3.05, 3.63) is 58.4 Å². The van der Waals surface area contributed by atoms with E-state index in [1.54, 1.807) is 12.1 Å². The van der Waals surface area contributed by atoms with Crippen LogP contribution in [0, 0.1) is 13.8 Å². The predicted molar refractivity (Wildman–Crippen MR) is 110 cm³/mol. The van der Waals surface area contributed by atoms with E-state index in [9.17, 15) is 22.8 Å². The average molecular weight is 423 g/mol. The van der Waals surface area contributed by atoms with Gasteiger partial charge in [0.15, 0.2) is 5.78 Å². The highest BCUT2D eigenvalue weighted by Crippen LogP contribution is 2.21. The Morgan fingerprint density at radius 1 is 1.13 bits per heavy atom. The second-order valence-electron chi connectivity index (χ2n) is 7.84. The summed E-state index contributed by atoms with van der Waals surface area (Å²) in [6, 6.07) is 8.50. The fourth-order valence-corrected chi connectivity index (χ4v) is 3.60. The van der Waals surface area contributed by atoms with Crippen LogP contribution in [0.15, 0.2) is 30.3 Å². The lowest BCUT2D eigenvalue weighted by molar-refractivity contribution is -0.123. The molecule has 0 atom stereocenters. The highest BCUT2D eigenvalue weighted by Gasteiger charge is 2.27. The van der Waals surface area contributed by atoms with Crippen molar-refractivity contribution in [1.29, 1.82) is 0 Å². The monoisotopic (exact) mass is 423 g/mol. The van der Waals surface area contributed by atoms with Crippen LogP contribution in [0.25, 0.3) is 0 Å². The van der Waals surface area contributed by atoms with Gasteiger partial charge in [-0.25, -0.2) is 0 Å². The number of aryl methyl sites for hydroxylation is 1. The number of rotatable bonds is 8. The number of likely N-dealkylation sites (N-methyl/N-ethyl adjacent to an activating group) is 1. The van der Waals surface area contributed by atoms with Crippen LogP contribution < -0.4 is 5.32 Å². The van der Waals surface area contributed by atoms with Crippen molar-refractivity contribution >= 4 is 11.7 Å². The summed E-state index contributed by atoms with van der Waals surface area (Å²) in [5, 5.41) is 1.84. The van der Waals surface area contributed by atoms with Crippen molar-refractivity contribution in [2.45, 2.75) is 46.5 Å². The molecule has 1 N–H and O–H groups in total. The van der Waals surface area contributed by atoms with Gasteiger partial charge in [0, 0.05) is 35.1 Å². The van der Waals surface area contributed by atoms with Gasteiger partial charge in [-0.2, -0.15) is 13.2 Å². The zero-order valence-electron chi connectivity index (χ0n) is 17.9. The largest absolute Gasteiger partial charge is 0.405 e. The summed E-state index contributed by atoms with van der Waals surface area (Å²) in [6.07, 6.45) is -4.45. The summed E-state index contributed by atoms with van der Waals surface area (Å²) < 4.78 is 38.7. The number of alkyl halides is 3. The zero-order chi connectivity index (χ0) is 22.6. The second kappa shape index (κ2) is 9.47.